The van der Waals surface area contributed by atoms with Crippen molar-refractivity contribution in [1.29, 1.82) is 0 Å². The summed E-state index contributed by atoms with van der Waals surface area (Å²) in [5.41, 5.74) is 2.06. The maximum Gasteiger partial charge on any atom is 0.290 e. The lowest BCUT2D eigenvalue weighted by molar-refractivity contribution is -0.129. The van der Waals surface area contributed by atoms with Crippen molar-refractivity contribution < 1.29 is 23.5 Å². The zero-order valence-electron chi connectivity index (χ0n) is 18.3. The van der Waals surface area contributed by atoms with Crippen LogP contribution in [0.4, 0.5) is 4.39 Å². The summed E-state index contributed by atoms with van der Waals surface area (Å²) in [4.78, 5) is 29.9. The number of hydrogen-bond donors (Lipinski definition) is 1. The van der Waals surface area contributed by atoms with Gasteiger partial charge in [0, 0.05) is 11.9 Å². The Morgan fingerprint density at radius 3 is 2.56 bits per heavy atom. The molecule has 0 fully saturated rings. The number of aryl methyl sites for hydroxylation is 1. The Balaban J connectivity index is 1.74. The third-order valence-electron chi connectivity index (χ3n) is 5.63. The van der Waals surface area contributed by atoms with Crippen molar-refractivity contribution in [2.45, 2.75) is 19.4 Å². The van der Waals surface area contributed by atoms with E-state index in [9.17, 15) is 19.1 Å². The fourth-order valence-electron chi connectivity index (χ4n) is 4.07. The molecule has 1 aliphatic rings. The summed E-state index contributed by atoms with van der Waals surface area (Å²) in [7, 11) is 3.86. The number of nitrogens with zero attached hydrogens (tertiary/aromatic N) is 2. The number of aliphatic hydroxyl groups excluding tert-OH is 1. The highest BCUT2D eigenvalue weighted by molar-refractivity contribution is 6.16. The summed E-state index contributed by atoms with van der Waals surface area (Å²) in [6.07, 6.45) is 0.648. The topological polar surface area (TPSA) is 74.0 Å². The van der Waals surface area contributed by atoms with Crippen molar-refractivity contribution in [3.05, 3.63) is 82.6 Å². The zero-order chi connectivity index (χ0) is 23.0. The summed E-state index contributed by atoms with van der Waals surface area (Å²) in [6, 6.07) is 12.0. The highest BCUT2D eigenvalue weighted by atomic mass is 19.1. The van der Waals surface area contributed by atoms with Gasteiger partial charge in [-0.25, -0.2) is 4.39 Å². The second-order valence-electron chi connectivity index (χ2n) is 8.35. The molecule has 0 saturated carbocycles. The average molecular weight is 436 g/mol. The molecule has 1 aromatic heterocycles. The van der Waals surface area contributed by atoms with Crippen molar-refractivity contribution in [2.75, 3.05) is 27.2 Å². The third kappa shape index (κ3) is 4.03. The Morgan fingerprint density at radius 1 is 1.16 bits per heavy atom. The Hall–Kier alpha value is -3.45. The first-order chi connectivity index (χ1) is 15.3. The van der Waals surface area contributed by atoms with Crippen LogP contribution in [0.3, 0.4) is 0 Å². The zero-order valence-corrected chi connectivity index (χ0v) is 18.3. The summed E-state index contributed by atoms with van der Waals surface area (Å²) in [5, 5.41) is 11.5. The molecular weight excluding hydrogens is 411 g/mol. The second-order valence-corrected chi connectivity index (χ2v) is 8.35. The highest BCUT2D eigenvalue weighted by Crippen LogP contribution is 2.39. The molecule has 0 aliphatic carbocycles. The van der Waals surface area contributed by atoms with Gasteiger partial charge in [-0.05, 0) is 69.9 Å². The minimum absolute atomic E-state index is 0.0437. The number of Topliss-reactive ketones (excluding diaryl/α,β-unsaturated/α-hetero) is 1. The summed E-state index contributed by atoms with van der Waals surface area (Å²) in [5.74, 6) is -2.15. The van der Waals surface area contributed by atoms with Crippen LogP contribution >= 0.6 is 0 Å². The van der Waals surface area contributed by atoms with E-state index in [-0.39, 0.29) is 11.3 Å². The smallest absolute Gasteiger partial charge is 0.290 e. The van der Waals surface area contributed by atoms with Gasteiger partial charge in [-0.15, -0.1) is 0 Å². The number of benzene rings is 2. The molecular formula is C25H25FN2O4. The number of aliphatic hydroxyl groups is 1. The van der Waals surface area contributed by atoms with Crippen LogP contribution in [-0.4, -0.2) is 53.8 Å². The van der Waals surface area contributed by atoms with Crippen LogP contribution in [0.25, 0.3) is 11.0 Å². The van der Waals surface area contributed by atoms with Crippen molar-refractivity contribution in [3.8, 4) is 0 Å². The number of amides is 1. The van der Waals surface area contributed by atoms with Crippen molar-refractivity contribution in [3.63, 3.8) is 0 Å². The van der Waals surface area contributed by atoms with E-state index in [0.29, 0.717) is 24.1 Å². The summed E-state index contributed by atoms with van der Waals surface area (Å²) >= 11 is 0. The molecule has 4 rings (SSSR count). The van der Waals surface area contributed by atoms with Gasteiger partial charge in [-0.3, -0.25) is 9.59 Å². The minimum Gasteiger partial charge on any atom is -0.503 e. The number of carbonyl (C=O) groups is 2. The van der Waals surface area contributed by atoms with Gasteiger partial charge in [0.2, 0.25) is 5.78 Å². The van der Waals surface area contributed by atoms with E-state index in [1.807, 2.05) is 38.1 Å². The van der Waals surface area contributed by atoms with Crippen LogP contribution < -0.4 is 0 Å². The summed E-state index contributed by atoms with van der Waals surface area (Å²) < 4.78 is 19.3. The van der Waals surface area contributed by atoms with E-state index in [1.54, 1.807) is 12.1 Å². The number of fused-ring (bicyclic) bond motifs is 1. The van der Waals surface area contributed by atoms with Crippen LogP contribution in [0.2, 0.25) is 0 Å². The third-order valence-corrected chi connectivity index (χ3v) is 5.63. The van der Waals surface area contributed by atoms with E-state index >= 15 is 0 Å². The Morgan fingerprint density at radius 2 is 1.88 bits per heavy atom. The molecule has 32 heavy (non-hydrogen) atoms. The predicted molar refractivity (Wildman–Crippen MR) is 119 cm³/mol. The van der Waals surface area contributed by atoms with Gasteiger partial charge in [0.15, 0.2) is 11.5 Å². The molecule has 1 atom stereocenters. The second kappa shape index (κ2) is 8.59. The number of ketones is 1. The van der Waals surface area contributed by atoms with E-state index in [0.717, 1.165) is 17.5 Å². The molecule has 7 heteroatoms. The largest absolute Gasteiger partial charge is 0.503 e. The maximum atomic E-state index is 13.6. The van der Waals surface area contributed by atoms with E-state index in [2.05, 4.69) is 0 Å². The van der Waals surface area contributed by atoms with E-state index < -0.39 is 29.3 Å². The van der Waals surface area contributed by atoms with Crippen LogP contribution in [0.1, 0.15) is 34.1 Å². The Kier molecular flexibility index (Phi) is 5.84. The standard InChI is InChI=1S/C25H25FN2O4/c1-15-5-10-19-17(13-15)14-20(32-19)23(29)21-22(16-6-8-18(26)9-7-16)28(25(31)24(21)30)12-4-11-27(2)3/h5-10,13-14,22,30H,4,11-12H2,1-3H3. The van der Waals surface area contributed by atoms with Gasteiger partial charge in [0.1, 0.15) is 11.4 Å². The van der Waals surface area contributed by atoms with Crippen molar-refractivity contribution >= 4 is 22.7 Å². The fourth-order valence-corrected chi connectivity index (χ4v) is 4.07. The minimum atomic E-state index is -0.826. The lowest BCUT2D eigenvalue weighted by atomic mass is 9.95. The molecule has 2 heterocycles. The van der Waals surface area contributed by atoms with Gasteiger partial charge in [0.25, 0.3) is 5.91 Å². The molecule has 166 valence electrons. The molecule has 6 nitrogen and oxygen atoms in total. The van der Waals surface area contributed by atoms with Crippen LogP contribution in [0.15, 0.2) is 64.3 Å². The molecule has 0 spiro atoms. The SMILES string of the molecule is Cc1ccc2oc(C(=O)C3=C(O)C(=O)N(CCCN(C)C)C3c3ccc(F)cc3)cc2c1. The van der Waals surface area contributed by atoms with Gasteiger partial charge in [0.05, 0.1) is 11.6 Å². The van der Waals surface area contributed by atoms with E-state index in [4.69, 9.17) is 4.42 Å². The van der Waals surface area contributed by atoms with Gasteiger partial charge in [-0.2, -0.15) is 0 Å². The van der Waals surface area contributed by atoms with Crippen LogP contribution in [0.5, 0.6) is 0 Å². The normalized spacial score (nSPS) is 16.6. The Labute approximate surface area is 185 Å². The molecule has 3 aromatic rings. The quantitative estimate of drug-likeness (QED) is 0.556. The number of furan rings is 1. The predicted octanol–water partition coefficient (Wildman–Crippen LogP) is 4.41. The van der Waals surface area contributed by atoms with Gasteiger partial charge in [-0.1, -0.05) is 23.8 Å². The number of hydrogen-bond acceptors (Lipinski definition) is 5. The number of carbonyl (C=O) groups excluding carboxylic acids is 2. The maximum absolute atomic E-state index is 13.6. The fraction of sp³-hybridized carbons (Fsp3) is 0.280. The lowest BCUT2D eigenvalue weighted by Crippen LogP contribution is -2.33. The van der Waals surface area contributed by atoms with Gasteiger partial charge < -0.3 is 19.3 Å². The number of rotatable bonds is 7. The van der Waals surface area contributed by atoms with E-state index in [1.165, 1.54) is 29.2 Å². The molecule has 1 N–H and O–H groups in total. The monoisotopic (exact) mass is 436 g/mol. The van der Waals surface area contributed by atoms with Gasteiger partial charge >= 0.3 is 0 Å². The average Bonchev–Trinajstić information content (AvgIpc) is 3.27. The lowest BCUT2D eigenvalue weighted by Gasteiger charge is -2.27. The van der Waals surface area contributed by atoms with Crippen LogP contribution in [0, 0.1) is 12.7 Å². The molecule has 1 aliphatic heterocycles. The molecule has 0 radical (unpaired) electrons. The Bertz CT molecular complexity index is 1210. The number of halogens is 1. The summed E-state index contributed by atoms with van der Waals surface area (Å²) in [6.45, 7) is 3.00. The first kappa shape index (κ1) is 21.8. The highest BCUT2D eigenvalue weighted by Gasteiger charge is 2.44. The first-order valence-electron chi connectivity index (χ1n) is 10.5. The molecule has 0 bridgehead atoms. The molecule has 1 amide bonds. The van der Waals surface area contributed by atoms with Crippen LogP contribution in [-0.2, 0) is 4.79 Å². The molecule has 1 unspecified atom stereocenters. The first-order valence-corrected chi connectivity index (χ1v) is 10.5. The van der Waals surface area contributed by atoms with Crippen molar-refractivity contribution in [2.24, 2.45) is 0 Å². The molecule has 0 saturated heterocycles. The molecule has 2 aromatic carbocycles. The van der Waals surface area contributed by atoms with Crippen molar-refractivity contribution in [1.82, 2.24) is 9.80 Å².